The molecule has 9 heteroatoms. The first-order chi connectivity index (χ1) is 12.3. The third-order valence-electron chi connectivity index (χ3n) is 3.66. The van der Waals surface area contributed by atoms with Gasteiger partial charge in [0.25, 0.3) is 15.9 Å². The fourth-order valence-corrected chi connectivity index (χ4v) is 3.53. The number of hydrogen-bond donors (Lipinski definition) is 2. The number of aliphatic imine (C=N–C) groups is 1. The van der Waals surface area contributed by atoms with Crippen molar-refractivity contribution in [3.8, 4) is 0 Å². The Morgan fingerprint density at radius 2 is 2.00 bits per heavy atom. The number of benzene rings is 1. The summed E-state index contributed by atoms with van der Waals surface area (Å²) < 4.78 is 31.1. The Bertz CT molecular complexity index is 802. The molecule has 2 N–H and O–H groups in total. The van der Waals surface area contributed by atoms with Crippen LogP contribution in [0.4, 0.5) is 0 Å². The summed E-state index contributed by atoms with van der Waals surface area (Å²) in [5, 5.41) is 2.67. The van der Waals surface area contributed by atoms with Crippen molar-refractivity contribution in [2.75, 3.05) is 19.7 Å². The lowest BCUT2D eigenvalue weighted by Crippen LogP contribution is -2.30. The van der Waals surface area contributed by atoms with Crippen molar-refractivity contribution in [1.29, 1.82) is 0 Å². The summed E-state index contributed by atoms with van der Waals surface area (Å²) in [5.41, 5.74) is 0.477. The minimum absolute atomic E-state index is 0.0489. The first-order valence-electron chi connectivity index (χ1n) is 8.38. The summed E-state index contributed by atoms with van der Waals surface area (Å²) in [6, 6.07) is 6.48. The molecule has 2 rings (SSSR count). The van der Waals surface area contributed by atoms with E-state index >= 15 is 0 Å². The van der Waals surface area contributed by atoms with Crippen LogP contribution in [0, 0.1) is 5.92 Å². The predicted molar refractivity (Wildman–Crippen MR) is 96.2 cm³/mol. The van der Waals surface area contributed by atoms with E-state index in [0.717, 1.165) is 6.42 Å². The molecule has 1 aliphatic heterocycles. The van der Waals surface area contributed by atoms with Gasteiger partial charge in [-0.05, 0) is 24.5 Å². The number of carbonyl (C=O) groups is 2. The number of rotatable bonds is 8. The number of hydrogen-bond acceptors (Lipinski definition) is 6. The molecule has 0 aliphatic carbocycles. The lowest BCUT2D eigenvalue weighted by molar-refractivity contribution is -0.148. The number of nitrogens with one attached hydrogen (secondary N) is 2. The van der Waals surface area contributed by atoms with Gasteiger partial charge in [0.2, 0.25) is 0 Å². The molecule has 0 fully saturated rings. The Morgan fingerprint density at radius 1 is 1.27 bits per heavy atom. The third-order valence-corrected chi connectivity index (χ3v) is 5.05. The zero-order valence-corrected chi connectivity index (χ0v) is 15.6. The van der Waals surface area contributed by atoms with Crippen molar-refractivity contribution in [2.24, 2.45) is 10.9 Å². The van der Waals surface area contributed by atoms with Gasteiger partial charge in [0.05, 0.1) is 17.9 Å². The minimum atomic E-state index is -3.59. The molecule has 1 aromatic rings. The molecular formula is C17H23N3O5S. The zero-order chi connectivity index (χ0) is 19.2. The van der Waals surface area contributed by atoms with Crippen LogP contribution >= 0.6 is 0 Å². The van der Waals surface area contributed by atoms with Gasteiger partial charge in [-0.3, -0.25) is 19.3 Å². The number of nitrogens with zero attached hydrogens (tertiary/aromatic N) is 1. The van der Waals surface area contributed by atoms with Gasteiger partial charge in [-0.25, -0.2) is 8.42 Å². The molecule has 0 spiro atoms. The van der Waals surface area contributed by atoms with Gasteiger partial charge in [-0.2, -0.15) is 0 Å². The van der Waals surface area contributed by atoms with Crippen LogP contribution in [-0.2, 0) is 24.3 Å². The summed E-state index contributed by atoms with van der Waals surface area (Å²) >= 11 is 0. The average Bonchev–Trinajstić information content (AvgIpc) is 2.84. The Balaban J connectivity index is 1.77. The van der Waals surface area contributed by atoms with Gasteiger partial charge in [-0.1, -0.05) is 26.0 Å². The number of esters is 1. The van der Waals surface area contributed by atoms with Gasteiger partial charge >= 0.3 is 5.97 Å². The Morgan fingerprint density at radius 3 is 2.73 bits per heavy atom. The minimum Gasteiger partial charge on any atom is -0.456 e. The van der Waals surface area contributed by atoms with Crippen molar-refractivity contribution in [3.63, 3.8) is 0 Å². The van der Waals surface area contributed by atoms with Crippen LogP contribution in [0.1, 0.15) is 32.3 Å². The Labute approximate surface area is 153 Å². The second-order valence-corrected chi connectivity index (χ2v) is 7.93. The molecule has 1 amide bonds. The van der Waals surface area contributed by atoms with Gasteiger partial charge < -0.3 is 10.1 Å². The van der Waals surface area contributed by atoms with E-state index in [1.165, 1.54) is 6.07 Å². The molecule has 1 aliphatic rings. The van der Waals surface area contributed by atoms with E-state index in [2.05, 4.69) is 28.9 Å². The van der Waals surface area contributed by atoms with Crippen molar-refractivity contribution >= 4 is 27.7 Å². The summed E-state index contributed by atoms with van der Waals surface area (Å²) in [7, 11) is -3.59. The highest BCUT2D eigenvalue weighted by Crippen LogP contribution is 2.22. The summed E-state index contributed by atoms with van der Waals surface area (Å²) in [6.45, 7) is 4.37. The van der Waals surface area contributed by atoms with E-state index in [1.807, 2.05) is 0 Å². The monoisotopic (exact) mass is 381 g/mol. The predicted octanol–water partition coefficient (Wildman–Crippen LogP) is 0.821. The van der Waals surface area contributed by atoms with E-state index in [-0.39, 0.29) is 36.2 Å². The average molecular weight is 381 g/mol. The number of carbonyl (C=O) groups excluding carboxylic acids is 2. The lowest BCUT2D eigenvalue weighted by Gasteiger charge is -2.07. The maximum atomic E-state index is 11.9. The molecule has 142 valence electrons. The maximum absolute atomic E-state index is 11.9. The van der Waals surface area contributed by atoms with Crippen LogP contribution in [-0.4, -0.2) is 45.8 Å². The van der Waals surface area contributed by atoms with E-state index < -0.39 is 16.0 Å². The number of ether oxygens (including phenoxy) is 1. The van der Waals surface area contributed by atoms with Crippen LogP contribution in [0.25, 0.3) is 0 Å². The molecular weight excluding hydrogens is 358 g/mol. The highest BCUT2D eigenvalue weighted by molar-refractivity contribution is 7.90. The number of fused-ring (bicyclic) bond motifs is 1. The van der Waals surface area contributed by atoms with Crippen molar-refractivity contribution < 1.29 is 22.7 Å². The van der Waals surface area contributed by atoms with Crippen LogP contribution in [0.2, 0.25) is 0 Å². The van der Waals surface area contributed by atoms with Gasteiger partial charge in [0.15, 0.2) is 6.61 Å². The van der Waals surface area contributed by atoms with E-state index in [1.54, 1.807) is 18.2 Å². The second-order valence-electron chi connectivity index (χ2n) is 6.28. The largest absolute Gasteiger partial charge is 0.456 e. The Hall–Kier alpha value is -2.42. The Kier molecular flexibility index (Phi) is 6.73. The molecule has 0 saturated heterocycles. The van der Waals surface area contributed by atoms with Crippen molar-refractivity contribution in [3.05, 3.63) is 29.8 Å². The van der Waals surface area contributed by atoms with Gasteiger partial charge in [0.1, 0.15) is 5.84 Å². The quantitative estimate of drug-likeness (QED) is 0.647. The van der Waals surface area contributed by atoms with Crippen LogP contribution < -0.4 is 10.0 Å². The SMILES string of the molecule is CC(C)CCNC(=O)COC(=O)CCN=C1NS(=O)(=O)c2ccccc21. The van der Waals surface area contributed by atoms with Crippen LogP contribution in [0.3, 0.4) is 0 Å². The summed E-state index contributed by atoms with van der Waals surface area (Å²) in [5.74, 6) is -0.222. The number of sulfonamides is 1. The van der Waals surface area contributed by atoms with E-state index in [4.69, 9.17) is 4.74 Å². The smallest absolute Gasteiger partial charge is 0.308 e. The van der Waals surface area contributed by atoms with Crippen molar-refractivity contribution in [2.45, 2.75) is 31.6 Å². The molecule has 0 bridgehead atoms. The fraction of sp³-hybridized carbons (Fsp3) is 0.471. The zero-order valence-electron chi connectivity index (χ0n) is 14.8. The van der Waals surface area contributed by atoms with Crippen molar-refractivity contribution in [1.82, 2.24) is 10.0 Å². The number of amides is 1. The molecule has 1 heterocycles. The van der Waals surface area contributed by atoms with Gasteiger partial charge in [0, 0.05) is 12.1 Å². The first kappa shape index (κ1) is 19.9. The number of amidine groups is 1. The topological polar surface area (TPSA) is 114 Å². The standard InChI is InChI=1S/C17H23N3O5S/c1-12(2)7-9-18-15(21)11-25-16(22)8-10-19-17-13-5-3-4-6-14(13)26(23,24)20-17/h3-6,12H,7-11H2,1-2H3,(H,18,21)(H,19,20). The molecule has 0 unspecified atom stereocenters. The summed E-state index contributed by atoms with van der Waals surface area (Å²) in [4.78, 5) is 27.5. The lowest BCUT2D eigenvalue weighted by atomic mass is 10.1. The molecule has 0 aromatic heterocycles. The van der Waals surface area contributed by atoms with Crippen LogP contribution in [0.5, 0.6) is 0 Å². The highest BCUT2D eigenvalue weighted by atomic mass is 32.2. The van der Waals surface area contributed by atoms with E-state index in [9.17, 15) is 18.0 Å². The molecule has 0 radical (unpaired) electrons. The third kappa shape index (κ3) is 5.55. The molecule has 0 atom stereocenters. The van der Waals surface area contributed by atoms with Crippen LogP contribution in [0.15, 0.2) is 34.2 Å². The normalized spacial score (nSPS) is 16.2. The maximum Gasteiger partial charge on any atom is 0.308 e. The molecule has 1 aromatic carbocycles. The van der Waals surface area contributed by atoms with E-state index in [0.29, 0.717) is 18.0 Å². The highest BCUT2D eigenvalue weighted by Gasteiger charge is 2.29. The molecule has 8 nitrogen and oxygen atoms in total. The molecule has 26 heavy (non-hydrogen) atoms. The molecule has 0 saturated carbocycles. The summed E-state index contributed by atoms with van der Waals surface area (Å²) in [6.07, 6.45) is 0.807. The first-order valence-corrected chi connectivity index (χ1v) is 9.87. The fourth-order valence-electron chi connectivity index (χ4n) is 2.28. The van der Waals surface area contributed by atoms with Gasteiger partial charge in [-0.15, -0.1) is 0 Å². The second kappa shape index (κ2) is 8.79.